The molecule has 0 N–H and O–H groups in total. The van der Waals surface area contributed by atoms with Gasteiger partial charge in [0, 0.05) is 0 Å². The first-order valence-corrected chi connectivity index (χ1v) is 6.43. The van der Waals surface area contributed by atoms with Gasteiger partial charge in [-0.1, -0.05) is 55.8 Å². The Morgan fingerprint density at radius 3 is 2.22 bits per heavy atom. The summed E-state index contributed by atoms with van der Waals surface area (Å²) >= 11 is 0. The SMILES string of the molecule is [CH2]CCCc1ccc(OCc2ccccc2)cc1. The summed E-state index contributed by atoms with van der Waals surface area (Å²) in [5.41, 5.74) is 2.55. The third-order valence-electron chi connectivity index (χ3n) is 2.89. The summed E-state index contributed by atoms with van der Waals surface area (Å²) in [7, 11) is 0. The lowest BCUT2D eigenvalue weighted by atomic mass is 10.1. The van der Waals surface area contributed by atoms with Crippen LogP contribution < -0.4 is 4.74 Å². The van der Waals surface area contributed by atoms with Crippen LogP contribution in [0.5, 0.6) is 5.75 Å². The van der Waals surface area contributed by atoms with Crippen molar-refractivity contribution in [2.75, 3.05) is 0 Å². The van der Waals surface area contributed by atoms with Gasteiger partial charge in [0.1, 0.15) is 12.4 Å². The molecule has 0 aliphatic heterocycles. The van der Waals surface area contributed by atoms with Crippen LogP contribution in [-0.2, 0) is 13.0 Å². The minimum Gasteiger partial charge on any atom is -0.489 e. The number of aryl methyl sites for hydroxylation is 1. The predicted molar refractivity (Wildman–Crippen MR) is 75.5 cm³/mol. The molecule has 0 saturated carbocycles. The number of hydrogen-bond donors (Lipinski definition) is 0. The Morgan fingerprint density at radius 1 is 0.833 bits per heavy atom. The minimum atomic E-state index is 0.624. The van der Waals surface area contributed by atoms with E-state index in [2.05, 4.69) is 31.2 Å². The van der Waals surface area contributed by atoms with Gasteiger partial charge in [0.05, 0.1) is 0 Å². The normalized spacial score (nSPS) is 10.3. The van der Waals surface area contributed by atoms with Crippen LogP contribution in [0.15, 0.2) is 54.6 Å². The maximum Gasteiger partial charge on any atom is 0.119 e. The van der Waals surface area contributed by atoms with Crippen molar-refractivity contribution in [3.63, 3.8) is 0 Å². The number of unbranched alkanes of at least 4 members (excludes halogenated alkanes) is 1. The van der Waals surface area contributed by atoms with Crippen molar-refractivity contribution in [3.8, 4) is 5.75 Å². The fraction of sp³-hybridized carbons (Fsp3) is 0.235. The Kier molecular flexibility index (Phi) is 4.83. The molecule has 0 fully saturated rings. The van der Waals surface area contributed by atoms with E-state index < -0.39 is 0 Å². The van der Waals surface area contributed by atoms with E-state index in [0.717, 1.165) is 25.0 Å². The number of ether oxygens (including phenoxy) is 1. The van der Waals surface area contributed by atoms with Crippen molar-refractivity contribution in [2.45, 2.75) is 25.9 Å². The molecular formula is C17H19O. The molecule has 1 heteroatoms. The third-order valence-corrected chi connectivity index (χ3v) is 2.89. The van der Waals surface area contributed by atoms with E-state index in [1.165, 1.54) is 11.1 Å². The second kappa shape index (κ2) is 6.85. The molecule has 0 spiro atoms. The van der Waals surface area contributed by atoms with Gasteiger partial charge in [0.2, 0.25) is 0 Å². The molecule has 2 rings (SSSR count). The molecule has 1 nitrogen and oxygen atoms in total. The van der Waals surface area contributed by atoms with Crippen molar-refractivity contribution in [3.05, 3.63) is 72.6 Å². The molecule has 0 atom stereocenters. The van der Waals surface area contributed by atoms with Gasteiger partial charge in [0.15, 0.2) is 0 Å². The zero-order valence-corrected chi connectivity index (χ0v) is 10.6. The smallest absolute Gasteiger partial charge is 0.119 e. The first-order chi connectivity index (χ1) is 8.88. The summed E-state index contributed by atoms with van der Waals surface area (Å²) in [5.74, 6) is 0.928. The van der Waals surface area contributed by atoms with E-state index in [1.54, 1.807) is 0 Å². The van der Waals surface area contributed by atoms with E-state index in [4.69, 9.17) is 4.74 Å². The van der Waals surface area contributed by atoms with Crippen LogP contribution in [0.4, 0.5) is 0 Å². The lowest BCUT2D eigenvalue weighted by molar-refractivity contribution is 0.306. The maximum absolute atomic E-state index is 5.74. The largest absolute Gasteiger partial charge is 0.489 e. The highest BCUT2D eigenvalue weighted by Crippen LogP contribution is 2.15. The fourth-order valence-electron chi connectivity index (χ4n) is 1.82. The van der Waals surface area contributed by atoms with Gasteiger partial charge in [-0.15, -0.1) is 0 Å². The summed E-state index contributed by atoms with van der Waals surface area (Å²) in [6, 6.07) is 18.6. The Labute approximate surface area is 109 Å². The first-order valence-electron chi connectivity index (χ1n) is 6.43. The van der Waals surface area contributed by atoms with Crippen LogP contribution in [0.2, 0.25) is 0 Å². The molecule has 0 saturated heterocycles. The van der Waals surface area contributed by atoms with Crippen molar-refractivity contribution in [1.82, 2.24) is 0 Å². The van der Waals surface area contributed by atoms with E-state index >= 15 is 0 Å². The maximum atomic E-state index is 5.74. The Morgan fingerprint density at radius 2 is 1.56 bits per heavy atom. The topological polar surface area (TPSA) is 9.23 Å². The second-order valence-corrected chi connectivity index (χ2v) is 4.38. The highest BCUT2D eigenvalue weighted by molar-refractivity contribution is 5.27. The molecule has 1 radical (unpaired) electrons. The standard InChI is InChI=1S/C17H19O/c1-2-3-7-15-10-12-17(13-11-15)18-14-16-8-5-4-6-9-16/h4-6,8-13H,1-3,7,14H2. The van der Waals surface area contributed by atoms with Gasteiger partial charge >= 0.3 is 0 Å². The third kappa shape index (κ3) is 3.92. The molecule has 0 bridgehead atoms. The lowest BCUT2D eigenvalue weighted by Gasteiger charge is -2.07. The summed E-state index contributed by atoms with van der Waals surface area (Å²) in [6.07, 6.45) is 3.24. The van der Waals surface area contributed by atoms with Gasteiger partial charge in [-0.25, -0.2) is 0 Å². The number of rotatable bonds is 6. The van der Waals surface area contributed by atoms with Crippen LogP contribution in [-0.4, -0.2) is 0 Å². The Balaban J connectivity index is 1.86. The Bertz CT molecular complexity index is 445. The molecule has 0 aromatic heterocycles. The van der Waals surface area contributed by atoms with Crippen LogP contribution in [0.3, 0.4) is 0 Å². The van der Waals surface area contributed by atoms with Gasteiger partial charge in [-0.2, -0.15) is 0 Å². The van der Waals surface area contributed by atoms with E-state index in [1.807, 2.05) is 30.3 Å². The Hall–Kier alpha value is -1.76. The summed E-state index contributed by atoms with van der Waals surface area (Å²) in [4.78, 5) is 0. The van der Waals surface area contributed by atoms with Gasteiger partial charge in [-0.3, -0.25) is 0 Å². The van der Waals surface area contributed by atoms with Crippen molar-refractivity contribution in [2.24, 2.45) is 0 Å². The molecule has 0 aliphatic rings. The van der Waals surface area contributed by atoms with E-state index in [0.29, 0.717) is 6.61 Å². The lowest BCUT2D eigenvalue weighted by Crippen LogP contribution is -1.95. The molecule has 0 heterocycles. The van der Waals surface area contributed by atoms with Crippen LogP contribution >= 0.6 is 0 Å². The van der Waals surface area contributed by atoms with Gasteiger partial charge in [0.25, 0.3) is 0 Å². The molecule has 2 aromatic carbocycles. The van der Waals surface area contributed by atoms with Crippen molar-refractivity contribution in [1.29, 1.82) is 0 Å². The summed E-state index contributed by atoms with van der Waals surface area (Å²) in [5, 5.41) is 0. The minimum absolute atomic E-state index is 0.624. The van der Waals surface area contributed by atoms with E-state index in [-0.39, 0.29) is 0 Å². The highest BCUT2D eigenvalue weighted by atomic mass is 16.5. The summed E-state index contributed by atoms with van der Waals surface area (Å²) < 4.78 is 5.74. The molecule has 2 aromatic rings. The van der Waals surface area contributed by atoms with E-state index in [9.17, 15) is 0 Å². The molecule has 0 amide bonds. The molecule has 93 valence electrons. The van der Waals surface area contributed by atoms with Crippen molar-refractivity contribution >= 4 is 0 Å². The van der Waals surface area contributed by atoms with Gasteiger partial charge < -0.3 is 4.74 Å². The van der Waals surface area contributed by atoms with Crippen LogP contribution in [0, 0.1) is 6.92 Å². The second-order valence-electron chi connectivity index (χ2n) is 4.38. The van der Waals surface area contributed by atoms with Crippen LogP contribution in [0.25, 0.3) is 0 Å². The average Bonchev–Trinajstić information content (AvgIpc) is 2.45. The van der Waals surface area contributed by atoms with Crippen molar-refractivity contribution < 1.29 is 4.74 Å². The molecule has 0 unspecified atom stereocenters. The number of hydrogen-bond acceptors (Lipinski definition) is 1. The quantitative estimate of drug-likeness (QED) is 0.725. The molecule has 18 heavy (non-hydrogen) atoms. The highest BCUT2D eigenvalue weighted by Gasteiger charge is 1.96. The summed E-state index contributed by atoms with van der Waals surface area (Å²) in [6.45, 7) is 4.48. The number of benzene rings is 2. The average molecular weight is 239 g/mol. The first kappa shape index (κ1) is 12.7. The predicted octanol–water partition coefficient (Wildman–Crippen LogP) is 4.42. The zero-order chi connectivity index (χ0) is 12.6. The zero-order valence-electron chi connectivity index (χ0n) is 10.6. The molecular weight excluding hydrogens is 220 g/mol. The molecule has 0 aliphatic carbocycles. The van der Waals surface area contributed by atoms with Crippen LogP contribution in [0.1, 0.15) is 24.0 Å². The van der Waals surface area contributed by atoms with Gasteiger partial charge in [-0.05, 0) is 36.1 Å². The monoisotopic (exact) mass is 239 g/mol. The fourth-order valence-corrected chi connectivity index (χ4v) is 1.82.